The van der Waals surface area contributed by atoms with Crippen LogP contribution >= 0.6 is 0 Å². The van der Waals surface area contributed by atoms with Gasteiger partial charge in [-0.25, -0.2) is 0 Å². The van der Waals surface area contributed by atoms with Crippen molar-refractivity contribution in [2.75, 3.05) is 7.05 Å². The molecule has 1 aromatic heterocycles. The summed E-state index contributed by atoms with van der Waals surface area (Å²) >= 11 is 0. The molecule has 6 nitrogen and oxygen atoms in total. The number of aliphatic imine (C=N–C) groups is 1. The molecule has 5 atom stereocenters. The highest BCUT2D eigenvalue weighted by Crippen LogP contribution is 2.40. The van der Waals surface area contributed by atoms with Crippen molar-refractivity contribution in [3.63, 3.8) is 0 Å². The lowest BCUT2D eigenvalue weighted by Crippen LogP contribution is -2.55. The largest absolute Gasteiger partial charge is 0.387 e. The summed E-state index contributed by atoms with van der Waals surface area (Å²) in [7, 11) is 1.58. The summed E-state index contributed by atoms with van der Waals surface area (Å²) in [6, 6.07) is 16.8. The van der Waals surface area contributed by atoms with Crippen molar-refractivity contribution in [1.29, 1.82) is 0 Å². The summed E-state index contributed by atoms with van der Waals surface area (Å²) in [4.78, 5) is 3.93. The monoisotopic (exact) mass is 420 g/mol. The number of nitrogens with zero attached hydrogens (tertiary/aromatic N) is 2. The van der Waals surface area contributed by atoms with E-state index in [9.17, 15) is 15.3 Å². The number of aliphatic hydroxyl groups is 3. The van der Waals surface area contributed by atoms with E-state index in [0.29, 0.717) is 0 Å². The van der Waals surface area contributed by atoms with Gasteiger partial charge >= 0.3 is 0 Å². The third-order valence-corrected chi connectivity index (χ3v) is 6.44. The van der Waals surface area contributed by atoms with Gasteiger partial charge in [0.05, 0.1) is 5.52 Å². The summed E-state index contributed by atoms with van der Waals surface area (Å²) in [5.41, 5.74) is 4.67. The summed E-state index contributed by atoms with van der Waals surface area (Å²) in [5.74, 6) is 0.738. The fourth-order valence-electron chi connectivity index (χ4n) is 4.56. The van der Waals surface area contributed by atoms with E-state index in [1.54, 1.807) is 7.05 Å². The topological polar surface area (TPSA) is 87.2 Å². The normalized spacial score (nSPS) is 29.1. The molecular weight excluding hydrogens is 392 g/mol. The van der Waals surface area contributed by atoms with Gasteiger partial charge in [-0.3, -0.25) is 4.99 Å². The number of hydrogen-bond donors (Lipinski definition) is 3. The molecule has 1 saturated carbocycles. The number of hydrogen-bond acceptors (Lipinski definition) is 5. The van der Waals surface area contributed by atoms with Gasteiger partial charge in [-0.05, 0) is 47.9 Å². The first-order chi connectivity index (χ1) is 15.1. The zero-order chi connectivity index (χ0) is 21.5. The molecule has 2 fully saturated rings. The van der Waals surface area contributed by atoms with E-state index in [4.69, 9.17) is 4.74 Å². The first-order valence-corrected chi connectivity index (χ1v) is 10.9. The standard InChI is InChI=1S/C25H28N2O4/c1-26-13-21-22(28)23(29)24(30)25(31-21)27-14-18(19-4-2-3-5-20(19)27)12-15-6-8-16(9-7-15)17-10-11-17/h2-9,13-14,17,21-25,28-30H,10-12H2,1H3/t21-,22-,23+,24-,25-/m1/s1. The third-order valence-electron chi connectivity index (χ3n) is 6.44. The molecule has 2 heterocycles. The van der Waals surface area contributed by atoms with Crippen molar-refractivity contribution in [3.05, 3.63) is 71.4 Å². The summed E-state index contributed by atoms with van der Waals surface area (Å²) in [6.07, 6.45) is 1.32. The number of aromatic nitrogens is 1. The fourth-order valence-corrected chi connectivity index (χ4v) is 4.56. The Balaban J connectivity index is 1.49. The minimum Gasteiger partial charge on any atom is -0.387 e. The van der Waals surface area contributed by atoms with Crippen molar-refractivity contribution in [1.82, 2.24) is 4.57 Å². The smallest absolute Gasteiger partial charge is 0.163 e. The van der Waals surface area contributed by atoms with E-state index >= 15 is 0 Å². The number of benzene rings is 2. The second-order valence-corrected chi connectivity index (χ2v) is 8.64. The Morgan fingerprint density at radius 1 is 1.00 bits per heavy atom. The molecule has 0 spiro atoms. The maximum absolute atomic E-state index is 10.7. The van der Waals surface area contributed by atoms with Crippen molar-refractivity contribution in [2.45, 2.75) is 55.8 Å². The van der Waals surface area contributed by atoms with Crippen LogP contribution in [-0.4, -0.2) is 57.6 Å². The molecule has 0 bridgehead atoms. The predicted molar refractivity (Wildman–Crippen MR) is 120 cm³/mol. The lowest BCUT2D eigenvalue weighted by Gasteiger charge is -2.40. The highest BCUT2D eigenvalue weighted by atomic mass is 16.5. The van der Waals surface area contributed by atoms with E-state index in [1.807, 2.05) is 29.0 Å². The number of aliphatic hydroxyl groups excluding tert-OH is 3. The maximum atomic E-state index is 10.7. The number of rotatable bonds is 5. The van der Waals surface area contributed by atoms with Gasteiger partial charge in [-0.1, -0.05) is 42.5 Å². The van der Waals surface area contributed by atoms with Crippen LogP contribution in [0.4, 0.5) is 0 Å². The minimum absolute atomic E-state index is 0.738. The average molecular weight is 421 g/mol. The van der Waals surface area contributed by atoms with Gasteiger partial charge in [-0.2, -0.15) is 0 Å². The Bertz CT molecular complexity index is 1090. The molecule has 0 radical (unpaired) electrons. The fraction of sp³-hybridized carbons (Fsp3) is 0.400. The molecule has 6 heteroatoms. The van der Waals surface area contributed by atoms with Gasteiger partial charge < -0.3 is 24.6 Å². The van der Waals surface area contributed by atoms with E-state index in [2.05, 4.69) is 35.3 Å². The van der Waals surface area contributed by atoms with Crippen LogP contribution in [0.2, 0.25) is 0 Å². The van der Waals surface area contributed by atoms with E-state index < -0.39 is 30.6 Å². The first-order valence-electron chi connectivity index (χ1n) is 10.9. The van der Waals surface area contributed by atoms with Gasteiger partial charge in [0.1, 0.15) is 24.4 Å². The first kappa shape index (κ1) is 20.4. The molecule has 0 unspecified atom stereocenters. The highest BCUT2D eigenvalue weighted by Gasteiger charge is 2.44. The van der Waals surface area contributed by atoms with Gasteiger partial charge in [-0.15, -0.1) is 0 Å². The minimum atomic E-state index is -1.33. The molecule has 31 heavy (non-hydrogen) atoms. The molecule has 1 aliphatic carbocycles. The van der Waals surface area contributed by atoms with Gasteiger partial charge in [0.2, 0.25) is 0 Å². The van der Waals surface area contributed by atoms with Crippen molar-refractivity contribution in [3.8, 4) is 0 Å². The zero-order valence-electron chi connectivity index (χ0n) is 17.5. The maximum Gasteiger partial charge on any atom is 0.163 e. The van der Waals surface area contributed by atoms with Gasteiger partial charge in [0.25, 0.3) is 0 Å². The second-order valence-electron chi connectivity index (χ2n) is 8.64. The van der Waals surface area contributed by atoms with Crippen LogP contribution in [0.15, 0.2) is 59.7 Å². The quantitative estimate of drug-likeness (QED) is 0.554. The van der Waals surface area contributed by atoms with E-state index in [1.165, 1.54) is 30.2 Å². The Morgan fingerprint density at radius 2 is 1.74 bits per heavy atom. The Labute approximate surface area is 181 Å². The number of ether oxygens (including phenoxy) is 1. The predicted octanol–water partition coefficient (Wildman–Crippen LogP) is 2.79. The molecule has 1 saturated heterocycles. The van der Waals surface area contributed by atoms with Gasteiger partial charge in [0, 0.05) is 24.8 Å². The van der Waals surface area contributed by atoms with Crippen LogP contribution in [0.25, 0.3) is 10.9 Å². The van der Waals surface area contributed by atoms with Crippen LogP contribution < -0.4 is 0 Å². The van der Waals surface area contributed by atoms with Crippen LogP contribution in [0.1, 0.15) is 41.7 Å². The lowest BCUT2D eigenvalue weighted by molar-refractivity contribution is -0.225. The Kier molecular flexibility index (Phi) is 5.40. The third kappa shape index (κ3) is 3.81. The van der Waals surface area contributed by atoms with Crippen LogP contribution in [0.5, 0.6) is 0 Å². The van der Waals surface area contributed by atoms with Crippen LogP contribution in [0.3, 0.4) is 0 Å². The SMILES string of the molecule is CN=C[C@H]1O[C@@H](n2cc(Cc3ccc(C4CC4)cc3)c3ccccc32)[C@H](O)[C@@H](O)[C@@H]1O. The van der Waals surface area contributed by atoms with Crippen molar-refractivity contribution >= 4 is 17.1 Å². The van der Waals surface area contributed by atoms with Crippen molar-refractivity contribution < 1.29 is 20.1 Å². The molecule has 0 amide bonds. The number of fused-ring (bicyclic) bond motifs is 1. The zero-order valence-corrected chi connectivity index (χ0v) is 17.5. The van der Waals surface area contributed by atoms with E-state index in [-0.39, 0.29) is 0 Å². The summed E-state index contributed by atoms with van der Waals surface area (Å²) < 4.78 is 7.84. The van der Waals surface area contributed by atoms with Crippen LogP contribution in [0, 0.1) is 0 Å². The molecular formula is C25H28N2O4. The molecule has 3 N–H and O–H groups in total. The molecule has 5 rings (SSSR count). The van der Waals surface area contributed by atoms with E-state index in [0.717, 1.165) is 28.8 Å². The summed E-state index contributed by atoms with van der Waals surface area (Å²) in [6.45, 7) is 0. The van der Waals surface area contributed by atoms with Crippen molar-refractivity contribution in [2.24, 2.45) is 4.99 Å². The molecule has 2 aromatic carbocycles. The lowest BCUT2D eigenvalue weighted by atomic mass is 9.98. The average Bonchev–Trinajstić information content (AvgIpc) is 3.58. The molecule has 2 aliphatic rings. The molecule has 3 aromatic rings. The Hall–Kier alpha value is -2.51. The summed E-state index contributed by atoms with van der Waals surface area (Å²) in [5, 5.41) is 32.4. The number of para-hydroxylation sites is 1. The molecule has 1 aliphatic heterocycles. The Morgan fingerprint density at radius 3 is 2.45 bits per heavy atom. The van der Waals surface area contributed by atoms with Gasteiger partial charge in [0.15, 0.2) is 6.23 Å². The molecule has 162 valence electrons. The highest BCUT2D eigenvalue weighted by molar-refractivity contribution is 5.84. The second kappa shape index (κ2) is 8.20. The van der Waals surface area contributed by atoms with Crippen LogP contribution in [-0.2, 0) is 11.2 Å².